The lowest BCUT2D eigenvalue weighted by molar-refractivity contribution is -0.144. The zero-order chi connectivity index (χ0) is 26.7. The molecule has 0 aliphatic carbocycles. The topological polar surface area (TPSA) is 52.6 Å². The maximum Gasteiger partial charge on any atom is 0.305 e. The number of esters is 2. The molecule has 0 aromatic rings. The van der Waals surface area contributed by atoms with Gasteiger partial charge in [-0.05, 0) is 37.5 Å². The van der Waals surface area contributed by atoms with E-state index >= 15 is 0 Å². The molecule has 0 rings (SSSR count). The molecule has 0 atom stereocenters. The van der Waals surface area contributed by atoms with Gasteiger partial charge in [0, 0.05) is 12.8 Å². The van der Waals surface area contributed by atoms with Gasteiger partial charge in [0.2, 0.25) is 0 Å². The minimum atomic E-state index is -0.0156. The Morgan fingerprint density at radius 3 is 1.03 bits per heavy atom. The van der Waals surface area contributed by atoms with Gasteiger partial charge >= 0.3 is 11.9 Å². The van der Waals surface area contributed by atoms with Crippen LogP contribution in [-0.4, -0.2) is 25.2 Å². The van der Waals surface area contributed by atoms with E-state index < -0.39 is 0 Å². The van der Waals surface area contributed by atoms with Gasteiger partial charge < -0.3 is 9.47 Å². The van der Waals surface area contributed by atoms with Crippen LogP contribution in [0.5, 0.6) is 0 Å². The van der Waals surface area contributed by atoms with Crippen molar-refractivity contribution in [1.29, 1.82) is 0 Å². The predicted molar refractivity (Wildman–Crippen MR) is 153 cm³/mol. The van der Waals surface area contributed by atoms with Crippen LogP contribution in [0.25, 0.3) is 0 Å². The van der Waals surface area contributed by atoms with Crippen molar-refractivity contribution in [3.63, 3.8) is 0 Å². The van der Waals surface area contributed by atoms with E-state index in [0.717, 1.165) is 50.4 Å². The third kappa shape index (κ3) is 29.2. The second-order valence-corrected chi connectivity index (χ2v) is 11.7. The smallest absolute Gasteiger partial charge is 0.305 e. The third-order valence-electron chi connectivity index (χ3n) is 6.89. The first-order chi connectivity index (χ1) is 17.4. The predicted octanol–water partition coefficient (Wildman–Crippen LogP) is 9.97. The number of unbranched alkanes of at least 4 members (excludes halogenated alkanes) is 15. The number of hydrogen-bond acceptors (Lipinski definition) is 4. The van der Waals surface area contributed by atoms with E-state index in [2.05, 4.69) is 27.7 Å². The largest absolute Gasteiger partial charge is 0.466 e. The first-order valence-electron chi connectivity index (χ1n) is 15.7. The summed E-state index contributed by atoms with van der Waals surface area (Å²) < 4.78 is 10.7. The van der Waals surface area contributed by atoms with Crippen LogP contribution in [0, 0.1) is 11.8 Å². The SMILES string of the molecule is CC(C)CCCCCCOC(=O)CCCCCCCCCCCCC(=O)OCCCCCCC(C)C. The highest BCUT2D eigenvalue weighted by molar-refractivity contribution is 5.69. The van der Waals surface area contributed by atoms with Crippen LogP contribution < -0.4 is 0 Å². The second-order valence-electron chi connectivity index (χ2n) is 11.7. The number of hydrogen-bond donors (Lipinski definition) is 0. The fraction of sp³-hybridized carbons (Fsp3) is 0.938. The highest BCUT2D eigenvalue weighted by atomic mass is 16.5. The molecule has 214 valence electrons. The Hall–Kier alpha value is -1.06. The van der Waals surface area contributed by atoms with Gasteiger partial charge in [-0.1, -0.05) is 130 Å². The average molecular weight is 511 g/mol. The minimum Gasteiger partial charge on any atom is -0.466 e. The van der Waals surface area contributed by atoms with E-state index in [1.807, 2.05) is 0 Å². The summed E-state index contributed by atoms with van der Waals surface area (Å²) >= 11 is 0. The maximum absolute atomic E-state index is 11.8. The van der Waals surface area contributed by atoms with E-state index in [1.54, 1.807) is 0 Å². The molecular formula is C32H62O4. The van der Waals surface area contributed by atoms with Crippen molar-refractivity contribution in [1.82, 2.24) is 0 Å². The van der Waals surface area contributed by atoms with Gasteiger partial charge in [0.25, 0.3) is 0 Å². The van der Waals surface area contributed by atoms with E-state index in [4.69, 9.17) is 9.47 Å². The lowest BCUT2D eigenvalue weighted by Crippen LogP contribution is -2.05. The van der Waals surface area contributed by atoms with Crippen LogP contribution in [0.4, 0.5) is 0 Å². The van der Waals surface area contributed by atoms with Gasteiger partial charge in [0.15, 0.2) is 0 Å². The van der Waals surface area contributed by atoms with Crippen LogP contribution in [-0.2, 0) is 19.1 Å². The van der Waals surface area contributed by atoms with E-state index in [-0.39, 0.29) is 11.9 Å². The van der Waals surface area contributed by atoms with Gasteiger partial charge in [-0.2, -0.15) is 0 Å². The molecule has 0 spiro atoms. The van der Waals surface area contributed by atoms with Crippen LogP contribution >= 0.6 is 0 Å². The molecule has 0 aliphatic rings. The molecule has 0 saturated heterocycles. The van der Waals surface area contributed by atoms with E-state index in [0.29, 0.717) is 26.1 Å². The summed E-state index contributed by atoms with van der Waals surface area (Å²) in [5.74, 6) is 1.55. The van der Waals surface area contributed by atoms with Crippen molar-refractivity contribution in [3.8, 4) is 0 Å². The van der Waals surface area contributed by atoms with Crippen LogP contribution in [0.1, 0.15) is 169 Å². The fourth-order valence-corrected chi connectivity index (χ4v) is 4.49. The van der Waals surface area contributed by atoms with Crippen molar-refractivity contribution >= 4 is 11.9 Å². The van der Waals surface area contributed by atoms with Gasteiger partial charge in [-0.3, -0.25) is 9.59 Å². The molecule has 0 bridgehead atoms. The van der Waals surface area contributed by atoms with Gasteiger partial charge in [0.1, 0.15) is 0 Å². The molecule has 36 heavy (non-hydrogen) atoms. The second kappa shape index (κ2) is 27.0. The lowest BCUT2D eigenvalue weighted by atomic mass is 10.0. The summed E-state index contributed by atoms with van der Waals surface area (Å²) in [4.78, 5) is 23.6. The fourth-order valence-electron chi connectivity index (χ4n) is 4.49. The first kappa shape index (κ1) is 34.9. The summed E-state index contributed by atoms with van der Waals surface area (Å²) in [5, 5.41) is 0. The standard InChI is InChI=1S/C32H62O4/c1-29(2)23-17-13-15-21-27-35-31(33)25-19-11-9-7-5-6-8-10-12-20-26-32(34)36-28-22-16-14-18-24-30(3)4/h29-30H,5-28H2,1-4H3. The van der Waals surface area contributed by atoms with Crippen molar-refractivity contribution in [3.05, 3.63) is 0 Å². The van der Waals surface area contributed by atoms with Crippen LogP contribution in [0.3, 0.4) is 0 Å². The summed E-state index contributed by atoms with van der Waals surface area (Å²) in [6, 6.07) is 0. The molecule has 0 heterocycles. The molecule has 0 unspecified atom stereocenters. The Kier molecular flexibility index (Phi) is 26.2. The quantitative estimate of drug-likeness (QED) is 0.0814. The summed E-state index contributed by atoms with van der Waals surface area (Å²) in [6.07, 6.45) is 24.9. The highest BCUT2D eigenvalue weighted by Gasteiger charge is 2.04. The molecule has 0 saturated carbocycles. The van der Waals surface area contributed by atoms with Crippen LogP contribution in [0.2, 0.25) is 0 Å². The molecule has 0 aromatic carbocycles. The van der Waals surface area contributed by atoms with Crippen molar-refractivity contribution in [2.75, 3.05) is 13.2 Å². The molecule has 0 N–H and O–H groups in total. The summed E-state index contributed by atoms with van der Waals surface area (Å²) in [7, 11) is 0. The molecule has 0 aliphatic heterocycles. The minimum absolute atomic E-state index is 0.0156. The molecule has 0 amide bonds. The molecule has 4 nitrogen and oxygen atoms in total. The van der Waals surface area contributed by atoms with Crippen molar-refractivity contribution < 1.29 is 19.1 Å². The normalized spacial score (nSPS) is 11.4. The molecule has 0 radical (unpaired) electrons. The van der Waals surface area contributed by atoms with Gasteiger partial charge in [-0.25, -0.2) is 0 Å². The van der Waals surface area contributed by atoms with Crippen molar-refractivity contribution in [2.45, 2.75) is 169 Å². The van der Waals surface area contributed by atoms with Gasteiger partial charge in [0.05, 0.1) is 13.2 Å². The average Bonchev–Trinajstić information content (AvgIpc) is 2.83. The van der Waals surface area contributed by atoms with E-state index in [1.165, 1.54) is 89.9 Å². The molecule has 0 aromatic heterocycles. The van der Waals surface area contributed by atoms with E-state index in [9.17, 15) is 9.59 Å². The Balaban J connectivity index is 3.24. The monoisotopic (exact) mass is 510 g/mol. The number of carbonyl (C=O) groups is 2. The highest BCUT2D eigenvalue weighted by Crippen LogP contribution is 2.14. The summed E-state index contributed by atoms with van der Waals surface area (Å²) in [6.45, 7) is 10.3. The Morgan fingerprint density at radius 1 is 0.417 bits per heavy atom. The molecule has 0 fully saturated rings. The number of carbonyl (C=O) groups excluding carboxylic acids is 2. The number of ether oxygens (including phenoxy) is 2. The zero-order valence-electron chi connectivity index (χ0n) is 24.8. The lowest BCUT2D eigenvalue weighted by Gasteiger charge is -2.06. The Labute approximate surface area is 225 Å². The third-order valence-corrected chi connectivity index (χ3v) is 6.89. The van der Waals surface area contributed by atoms with Gasteiger partial charge in [-0.15, -0.1) is 0 Å². The first-order valence-corrected chi connectivity index (χ1v) is 15.7. The molecule has 4 heteroatoms. The van der Waals surface area contributed by atoms with Crippen molar-refractivity contribution in [2.24, 2.45) is 11.8 Å². The zero-order valence-corrected chi connectivity index (χ0v) is 24.8. The molecular weight excluding hydrogens is 448 g/mol. The van der Waals surface area contributed by atoms with Crippen LogP contribution in [0.15, 0.2) is 0 Å². The maximum atomic E-state index is 11.8. The Bertz CT molecular complexity index is 443. The number of rotatable bonds is 27. The summed E-state index contributed by atoms with van der Waals surface area (Å²) in [5.41, 5.74) is 0. The Morgan fingerprint density at radius 2 is 0.694 bits per heavy atom.